The highest BCUT2D eigenvalue weighted by atomic mass is 16.5. The van der Waals surface area contributed by atoms with Crippen LogP contribution in [-0.2, 0) is 14.3 Å². The van der Waals surface area contributed by atoms with Crippen LogP contribution in [0.15, 0.2) is 24.3 Å². The molecular weight excluding hydrogens is 286 g/mol. The smallest absolute Gasteiger partial charge is 0.251 e. The number of benzene rings is 1. The van der Waals surface area contributed by atoms with E-state index in [-0.39, 0.29) is 24.3 Å². The second-order valence-electron chi connectivity index (χ2n) is 4.93. The molecule has 2 rings (SSSR count). The van der Waals surface area contributed by atoms with Gasteiger partial charge in [0, 0.05) is 31.3 Å². The summed E-state index contributed by atoms with van der Waals surface area (Å²) >= 11 is 0. The third-order valence-corrected chi connectivity index (χ3v) is 3.23. The van der Waals surface area contributed by atoms with Gasteiger partial charge in [-0.1, -0.05) is 0 Å². The fourth-order valence-electron chi connectivity index (χ4n) is 2.09. The van der Waals surface area contributed by atoms with Gasteiger partial charge in [-0.15, -0.1) is 0 Å². The van der Waals surface area contributed by atoms with E-state index in [1.165, 1.54) is 6.92 Å². The van der Waals surface area contributed by atoms with Crippen LogP contribution < -0.4 is 10.6 Å². The largest absolute Gasteiger partial charge is 0.378 e. The molecule has 0 bridgehead atoms. The SMILES string of the molecule is CC(=O)Nc1ccc(C(=O)NCC(=O)N2CCOCC2)cc1. The highest BCUT2D eigenvalue weighted by Gasteiger charge is 2.17. The molecule has 1 aliphatic rings. The summed E-state index contributed by atoms with van der Waals surface area (Å²) in [5.41, 5.74) is 1.05. The molecule has 3 amide bonds. The number of nitrogens with zero attached hydrogens (tertiary/aromatic N) is 1. The first-order chi connectivity index (χ1) is 10.6. The van der Waals surface area contributed by atoms with E-state index in [1.807, 2.05) is 0 Å². The van der Waals surface area contributed by atoms with E-state index < -0.39 is 0 Å². The second-order valence-corrected chi connectivity index (χ2v) is 4.93. The van der Waals surface area contributed by atoms with E-state index in [2.05, 4.69) is 10.6 Å². The summed E-state index contributed by atoms with van der Waals surface area (Å²) in [6.07, 6.45) is 0. The Morgan fingerprint density at radius 1 is 1.14 bits per heavy atom. The van der Waals surface area contributed by atoms with E-state index in [0.29, 0.717) is 37.6 Å². The van der Waals surface area contributed by atoms with Crippen LogP contribution in [0.5, 0.6) is 0 Å². The second kappa shape index (κ2) is 7.56. The van der Waals surface area contributed by atoms with Crippen molar-refractivity contribution in [3.05, 3.63) is 29.8 Å². The van der Waals surface area contributed by atoms with Crippen molar-refractivity contribution in [2.45, 2.75) is 6.92 Å². The Bertz CT molecular complexity index is 550. The van der Waals surface area contributed by atoms with Gasteiger partial charge < -0.3 is 20.3 Å². The third-order valence-electron chi connectivity index (χ3n) is 3.23. The molecule has 1 aromatic rings. The highest BCUT2D eigenvalue weighted by Crippen LogP contribution is 2.09. The molecule has 0 aromatic heterocycles. The number of carbonyl (C=O) groups is 3. The monoisotopic (exact) mass is 305 g/mol. The van der Waals surface area contributed by atoms with Gasteiger partial charge in [0.05, 0.1) is 19.8 Å². The van der Waals surface area contributed by atoms with Gasteiger partial charge in [-0.25, -0.2) is 0 Å². The predicted molar refractivity (Wildman–Crippen MR) is 80.5 cm³/mol. The zero-order valence-corrected chi connectivity index (χ0v) is 12.4. The topological polar surface area (TPSA) is 87.7 Å². The molecule has 1 fully saturated rings. The Labute approximate surface area is 128 Å². The number of carbonyl (C=O) groups excluding carboxylic acids is 3. The van der Waals surface area contributed by atoms with Crippen molar-refractivity contribution in [2.24, 2.45) is 0 Å². The number of nitrogens with one attached hydrogen (secondary N) is 2. The standard InChI is InChI=1S/C15H19N3O4/c1-11(19)17-13-4-2-12(3-5-13)15(21)16-10-14(20)18-6-8-22-9-7-18/h2-5H,6-10H2,1H3,(H,16,21)(H,17,19). The van der Waals surface area contributed by atoms with Gasteiger partial charge in [0.1, 0.15) is 0 Å². The van der Waals surface area contributed by atoms with Gasteiger partial charge in [-0.2, -0.15) is 0 Å². The molecule has 1 aliphatic heterocycles. The number of morpholine rings is 1. The van der Waals surface area contributed by atoms with E-state index in [1.54, 1.807) is 29.2 Å². The number of anilines is 1. The first kappa shape index (κ1) is 16.0. The summed E-state index contributed by atoms with van der Waals surface area (Å²) in [4.78, 5) is 36.5. The minimum absolute atomic E-state index is 0.0354. The van der Waals surface area contributed by atoms with E-state index in [0.717, 1.165) is 0 Å². The van der Waals surface area contributed by atoms with Gasteiger partial charge in [0.2, 0.25) is 11.8 Å². The molecule has 1 aromatic carbocycles. The zero-order valence-electron chi connectivity index (χ0n) is 12.4. The van der Waals surface area contributed by atoms with Crippen LogP contribution in [0.25, 0.3) is 0 Å². The number of ether oxygens (including phenoxy) is 1. The van der Waals surface area contributed by atoms with Crippen LogP contribution in [0, 0.1) is 0 Å². The molecule has 0 atom stereocenters. The van der Waals surface area contributed by atoms with Crippen molar-refractivity contribution >= 4 is 23.4 Å². The summed E-state index contributed by atoms with van der Waals surface area (Å²) in [5.74, 6) is -0.615. The molecule has 7 heteroatoms. The van der Waals surface area contributed by atoms with Gasteiger partial charge in [0.15, 0.2) is 0 Å². The minimum atomic E-state index is -0.323. The lowest BCUT2D eigenvalue weighted by Gasteiger charge is -2.26. The molecule has 0 spiro atoms. The Morgan fingerprint density at radius 3 is 2.36 bits per heavy atom. The Balaban J connectivity index is 1.83. The van der Waals surface area contributed by atoms with Gasteiger partial charge in [-0.05, 0) is 24.3 Å². The summed E-state index contributed by atoms with van der Waals surface area (Å²) < 4.78 is 5.17. The summed E-state index contributed by atoms with van der Waals surface area (Å²) in [7, 11) is 0. The molecule has 0 aliphatic carbocycles. The fraction of sp³-hybridized carbons (Fsp3) is 0.400. The van der Waals surface area contributed by atoms with Crippen molar-refractivity contribution in [1.82, 2.24) is 10.2 Å². The third kappa shape index (κ3) is 4.56. The lowest BCUT2D eigenvalue weighted by atomic mass is 10.2. The molecule has 7 nitrogen and oxygen atoms in total. The van der Waals surface area contributed by atoms with Gasteiger partial charge >= 0.3 is 0 Å². The van der Waals surface area contributed by atoms with E-state index in [4.69, 9.17) is 4.74 Å². The average molecular weight is 305 g/mol. The van der Waals surface area contributed by atoms with Gasteiger partial charge in [0.25, 0.3) is 5.91 Å². The number of hydrogen-bond donors (Lipinski definition) is 2. The molecule has 1 heterocycles. The maximum absolute atomic E-state index is 12.0. The molecule has 2 N–H and O–H groups in total. The van der Waals surface area contributed by atoms with Crippen molar-refractivity contribution in [1.29, 1.82) is 0 Å². The highest BCUT2D eigenvalue weighted by molar-refractivity contribution is 5.97. The minimum Gasteiger partial charge on any atom is -0.378 e. The molecule has 0 saturated carbocycles. The van der Waals surface area contributed by atoms with Crippen LogP contribution in [0.1, 0.15) is 17.3 Å². The number of rotatable bonds is 4. The Kier molecular flexibility index (Phi) is 5.48. The summed E-state index contributed by atoms with van der Waals surface area (Å²) in [6, 6.07) is 6.47. The quantitative estimate of drug-likeness (QED) is 0.834. The predicted octanol–water partition coefficient (Wildman–Crippen LogP) is 0.234. The normalized spacial score (nSPS) is 14.3. The number of amides is 3. The van der Waals surface area contributed by atoms with Gasteiger partial charge in [-0.3, -0.25) is 14.4 Å². The first-order valence-electron chi connectivity index (χ1n) is 7.07. The van der Waals surface area contributed by atoms with Crippen LogP contribution in [0.2, 0.25) is 0 Å². The lowest BCUT2D eigenvalue weighted by Crippen LogP contribution is -2.45. The summed E-state index contributed by atoms with van der Waals surface area (Å²) in [5, 5.41) is 5.22. The first-order valence-corrected chi connectivity index (χ1v) is 7.07. The van der Waals surface area contributed by atoms with Crippen LogP contribution in [0.4, 0.5) is 5.69 Å². The van der Waals surface area contributed by atoms with Crippen LogP contribution >= 0.6 is 0 Å². The zero-order chi connectivity index (χ0) is 15.9. The molecule has 1 saturated heterocycles. The van der Waals surface area contributed by atoms with E-state index >= 15 is 0 Å². The maximum Gasteiger partial charge on any atom is 0.251 e. The Morgan fingerprint density at radius 2 is 1.77 bits per heavy atom. The molecule has 118 valence electrons. The number of hydrogen-bond acceptors (Lipinski definition) is 4. The molecule has 0 radical (unpaired) electrons. The Hall–Kier alpha value is -2.41. The fourth-order valence-corrected chi connectivity index (χ4v) is 2.09. The molecule has 0 unspecified atom stereocenters. The lowest BCUT2D eigenvalue weighted by molar-refractivity contribution is -0.134. The van der Waals surface area contributed by atoms with Crippen molar-refractivity contribution < 1.29 is 19.1 Å². The summed E-state index contributed by atoms with van der Waals surface area (Å²) in [6.45, 7) is 3.55. The van der Waals surface area contributed by atoms with Crippen molar-refractivity contribution in [3.63, 3.8) is 0 Å². The molecular formula is C15H19N3O4. The van der Waals surface area contributed by atoms with Crippen LogP contribution in [-0.4, -0.2) is 55.5 Å². The van der Waals surface area contributed by atoms with Crippen molar-refractivity contribution in [2.75, 3.05) is 38.2 Å². The van der Waals surface area contributed by atoms with E-state index in [9.17, 15) is 14.4 Å². The average Bonchev–Trinajstić information content (AvgIpc) is 2.53. The molecule has 22 heavy (non-hydrogen) atoms. The van der Waals surface area contributed by atoms with Crippen LogP contribution in [0.3, 0.4) is 0 Å². The maximum atomic E-state index is 12.0. The van der Waals surface area contributed by atoms with Crippen molar-refractivity contribution in [3.8, 4) is 0 Å².